The minimum Gasteiger partial charge on any atom is -0.478 e. The van der Waals surface area contributed by atoms with Crippen molar-refractivity contribution in [2.45, 2.75) is 19.0 Å². The number of nitrogens with zero attached hydrogens (tertiary/aromatic N) is 3. The Balaban J connectivity index is 1.62. The first-order valence-electron chi connectivity index (χ1n) is 11.7. The Bertz CT molecular complexity index is 1620. The average Bonchev–Trinajstić information content (AvgIpc) is 3.49. The second-order valence-corrected chi connectivity index (χ2v) is 11.2. The molecule has 0 unspecified atom stereocenters. The number of thiocarbonyl (C=S) groups is 1. The number of carboxylic acid groups (broad SMARTS) is 1. The quantitative estimate of drug-likeness (QED) is 0.291. The SMILES string of the molecule is Cc1cc(N2C(=S)N[C@@H](c3ccccn3)[C@@H]2c2cccn2-c2ccc(C(=O)O)cc2)ccc1NS(C)(=O)=O. The number of aryl methyl sites for hydroxylation is 1. The van der Waals surface area contributed by atoms with Crippen LogP contribution >= 0.6 is 12.2 Å². The van der Waals surface area contributed by atoms with Gasteiger partial charge in [-0.05, 0) is 91.4 Å². The van der Waals surface area contributed by atoms with Gasteiger partial charge in [0.15, 0.2) is 5.11 Å². The van der Waals surface area contributed by atoms with Gasteiger partial charge in [0.2, 0.25) is 10.0 Å². The molecule has 1 saturated heterocycles. The zero-order valence-electron chi connectivity index (χ0n) is 20.6. The summed E-state index contributed by atoms with van der Waals surface area (Å²) >= 11 is 5.82. The van der Waals surface area contributed by atoms with Gasteiger partial charge in [0, 0.05) is 29.5 Å². The Morgan fingerprint density at radius 3 is 2.42 bits per heavy atom. The molecule has 0 spiro atoms. The van der Waals surface area contributed by atoms with Crippen LogP contribution in [-0.4, -0.2) is 40.4 Å². The summed E-state index contributed by atoms with van der Waals surface area (Å²) in [6.07, 6.45) is 4.77. The fourth-order valence-electron chi connectivity index (χ4n) is 4.68. The normalized spacial score (nSPS) is 17.3. The van der Waals surface area contributed by atoms with Gasteiger partial charge in [-0.15, -0.1) is 0 Å². The van der Waals surface area contributed by atoms with Crippen LogP contribution < -0.4 is 14.9 Å². The first-order valence-corrected chi connectivity index (χ1v) is 14.0. The number of carbonyl (C=O) groups is 1. The predicted octanol–water partition coefficient (Wildman–Crippen LogP) is 4.43. The van der Waals surface area contributed by atoms with Crippen molar-refractivity contribution in [3.63, 3.8) is 0 Å². The van der Waals surface area contributed by atoms with E-state index >= 15 is 0 Å². The van der Waals surface area contributed by atoms with E-state index in [4.69, 9.17) is 12.2 Å². The number of carboxylic acids is 1. The number of rotatable bonds is 7. The van der Waals surface area contributed by atoms with E-state index in [-0.39, 0.29) is 17.6 Å². The summed E-state index contributed by atoms with van der Waals surface area (Å²) in [5.74, 6) is -0.986. The van der Waals surface area contributed by atoms with Crippen LogP contribution in [0.3, 0.4) is 0 Å². The van der Waals surface area contributed by atoms with Crippen LogP contribution in [0.1, 0.15) is 39.4 Å². The van der Waals surface area contributed by atoms with Crippen molar-refractivity contribution in [1.29, 1.82) is 0 Å². The molecule has 0 bridgehead atoms. The second kappa shape index (κ2) is 9.92. The number of hydrogen-bond donors (Lipinski definition) is 3. The first kappa shape index (κ1) is 25.4. The Labute approximate surface area is 225 Å². The molecule has 2 aromatic carbocycles. The molecule has 38 heavy (non-hydrogen) atoms. The summed E-state index contributed by atoms with van der Waals surface area (Å²) in [4.78, 5) is 18.0. The number of aromatic nitrogens is 2. The van der Waals surface area contributed by atoms with Crippen molar-refractivity contribution < 1.29 is 18.3 Å². The molecular weight excluding hydrogens is 522 g/mol. The highest BCUT2D eigenvalue weighted by Crippen LogP contribution is 2.43. The molecule has 1 fully saturated rings. The lowest BCUT2D eigenvalue weighted by atomic mass is 10.00. The Morgan fingerprint density at radius 2 is 1.79 bits per heavy atom. The molecule has 5 rings (SSSR count). The number of aromatic carboxylic acids is 1. The molecule has 3 heterocycles. The van der Waals surface area contributed by atoms with Crippen LogP contribution in [0.2, 0.25) is 0 Å². The molecule has 0 amide bonds. The summed E-state index contributed by atoms with van der Waals surface area (Å²) in [6.45, 7) is 1.83. The third kappa shape index (κ3) is 4.98. The largest absolute Gasteiger partial charge is 0.478 e. The van der Waals surface area contributed by atoms with E-state index in [9.17, 15) is 18.3 Å². The molecule has 2 aromatic heterocycles. The molecule has 194 valence electrons. The highest BCUT2D eigenvalue weighted by atomic mass is 32.2. The van der Waals surface area contributed by atoms with Crippen molar-refractivity contribution in [3.05, 3.63) is 108 Å². The van der Waals surface area contributed by atoms with Gasteiger partial charge in [-0.1, -0.05) is 6.07 Å². The fourth-order valence-corrected chi connectivity index (χ4v) is 5.65. The Hall–Kier alpha value is -4.22. The molecule has 2 atom stereocenters. The van der Waals surface area contributed by atoms with Crippen molar-refractivity contribution in [2.24, 2.45) is 0 Å². The van der Waals surface area contributed by atoms with Crippen LogP contribution in [-0.2, 0) is 10.0 Å². The van der Waals surface area contributed by atoms with E-state index in [1.54, 1.807) is 36.5 Å². The number of nitrogens with one attached hydrogen (secondary N) is 2. The van der Waals surface area contributed by atoms with Gasteiger partial charge in [-0.2, -0.15) is 0 Å². The third-order valence-corrected chi connectivity index (χ3v) is 7.26. The number of sulfonamides is 1. The van der Waals surface area contributed by atoms with Gasteiger partial charge in [-0.25, -0.2) is 13.2 Å². The van der Waals surface area contributed by atoms with Gasteiger partial charge in [0.25, 0.3) is 0 Å². The molecule has 1 aliphatic rings. The lowest BCUT2D eigenvalue weighted by molar-refractivity contribution is 0.0697. The van der Waals surface area contributed by atoms with Crippen molar-refractivity contribution >= 4 is 44.7 Å². The lowest BCUT2D eigenvalue weighted by Gasteiger charge is -2.29. The zero-order chi connectivity index (χ0) is 27.0. The molecular formula is C27H25N5O4S2. The monoisotopic (exact) mass is 547 g/mol. The summed E-state index contributed by atoms with van der Waals surface area (Å²) < 4.78 is 28.1. The maximum atomic E-state index is 11.8. The Morgan fingerprint density at radius 1 is 1.05 bits per heavy atom. The smallest absolute Gasteiger partial charge is 0.335 e. The average molecular weight is 548 g/mol. The van der Waals surface area contributed by atoms with E-state index in [1.807, 2.05) is 65.1 Å². The Kier molecular flexibility index (Phi) is 6.64. The highest BCUT2D eigenvalue weighted by molar-refractivity contribution is 7.92. The molecule has 9 nitrogen and oxygen atoms in total. The molecule has 4 aromatic rings. The minimum absolute atomic E-state index is 0.206. The van der Waals surface area contributed by atoms with Crippen LogP contribution in [0.4, 0.5) is 11.4 Å². The number of hydrogen-bond acceptors (Lipinski definition) is 5. The predicted molar refractivity (Wildman–Crippen MR) is 150 cm³/mol. The number of pyridine rings is 1. The fraction of sp³-hybridized carbons (Fsp3) is 0.148. The summed E-state index contributed by atoms with van der Waals surface area (Å²) in [5, 5.41) is 13.2. The van der Waals surface area contributed by atoms with Crippen molar-refractivity contribution in [3.8, 4) is 5.69 Å². The molecule has 0 aliphatic carbocycles. The van der Waals surface area contributed by atoms with E-state index in [0.29, 0.717) is 10.8 Å². The maximum Gasteiger partial charge on any atom is 0.335 e. The van der Waals surface area contributed by atoms with Gasteiger partial charge < -0.3 is 19.9 Å². The van der Waals surface area contributed by atoms with Crippen LogP contribution in [0.15, 0.2) is 85.2 Å². The third-order valence-electron chi connectivity index (χ3n) is 6.36. The zero-order valence-corrected chi connectivity index (χ0v) is 22.2. The van der Waals surface area contributed by atoms with E-state index < -0.39 is 16.0 Å². The van der Waals surface area contributed by atoms with E-state index in [2.05, 4.69) is 15.0 Å². The van der Waals surface area contributed by atoms with Crippen molar-refractivity contribution in [2.75, 3.05) is 15.9 Å². The highest BCUT2D eigenvalue weighted by Gasteiger charge is 2.42. The van der Waals surface area contributed by atoms with Crippen LogP contribution in [0.25, 0.3) is 5.69 Å². The van der Waals surface area contributed by atoms with Gasteiger partial charge in [0.05, 0.1) is 29.2 Å². The van der Waals surface area contributed by atoms with E-state index in [0.717, 1.165) is 34.6 Å². The van der Waals surface area contributed by atoms with Crippen LogP contribution in [0, 0.1) is 6.92 Å². The first-order chi connectivity index (χ1) is 18.1. The molecule has 1 aliphatic heterocycles. The van der Waals surface area contributed by atoms with E-state index in [1.165, 1.54) is 0 Å². The minimum atomic E-state index is -3.43. The molecule has 11 heteroatoms. The van der Waals surface area contributed by atoms with Gasteiger partial charge in [-0.3, -0.25) is 9.71 Å². The van der Waals surface area contributed by atoms with Gasteiger partial charge in [0.1, 0.15) is 6.04 Å². The van der Waals surface area contributed by atoms with Gasteiger partial charge >= 0.3 is 5.97 Å². The summed E-state index contributed by atoms with van der Waals surface area (Å²) in [6, 6.07) is 21.2. The molecule has 3 N–H and O–H groups in total. The number of benzene rings is 2. The van der Waals surface area contributed by atoms with Crippen molar-refractivity contribution in [1.82, 2.24) is 14.9 Å². The topological polar surface area (TPSA) is 117 Å². The lowest BCUT2D eigenvalue weighted by Crippen LogP contribution is -2.30. The summed E-state index contributed by atoms with van der Waals surface area (Å²) in [7, 11) is -3.43. The molecule has 0 radical (unpaired) electrons. The summed E-state index contributed by atoms with van der Waals surface area (Å²) in [5.41, 5.74) is 4.75. The maximum absolute atomic E-state index is 11.8. The standard InChI is InChI=1S/C27H25N5O4S2/c1-17-16-20(12-13-21(17)30-38(2,35)36)32-25(24(29-27(32)37)22-6-3-4-14-28-22)23-7-5-15-31(23)19-10-8-18(9-11-19)26(33)34/h3-16,24-25,30H,1-2H3,(H,29,37)(H,33,34)/t24-,25-/m0/s1. The number of anilines is 2. The van der Waals surface area contributed by atoms with Crippen LogP contribution in [0.5, 0.6) is 0 Å². The second-order valence-electron chi connectivity index (χ2n) is 9.03. The molecule has 0 saturated carbocycles.